The van der Waals surface area contributed by atoms with Gasteiger partial charge in [-0.25, -0.2) is 4.79 Å². The van der Waals surface area contributed by atoms with Gasteiger partial charge in [-0.15, -0.1) is 11.3 Å². The summed E-state index contributed by atoms with van der Waals surface area (Å²) in [6.07, 6.45) is 0.314. The minimum absolute atomic E-state index is 0.0143. The number of carbonyl (C=O) groups is 3. The van der Waals surface area contributed by atoms with E-state index in [4.69, 9.17) is 9.84 Å². The first-order valence-corrected chi connectivity index (χ1v) is 9.42. The number of rotatable bonds is 9. The molecule has 7 heteroatoms. The number of carbonyl (C=O) groups excluding carboxylic acids is 2. The Balaban J connectivity index is 1.83. The number of ether oxygens (including phenoxy) is 1. The van der Waals surface area contributed by atoms with Crippen LogP contribution in [-0.2, 0) is 9.59 Å². The minimum Gasteiger partial charge on any atom is -0.482 e. The highest BCUT2D eigenvalue weighted by molar-refractivity contribution is 7.12. The van der Waals surface area contributed by atoms with Crippen LogP contribution in [0.15, 0.2) is 30.3 Å². The van der Waals surface area contributed by atoms with Gasteiger partial charge >= 0.3 is 5.97 Å². The number of Topliss-reactive ketones (excluding diaryl/α,β-unsaturated/α-hetero) is 1. The van der Waals surface area contributed by atoms with Gasteiger partial charge in [-0.05, 0) is 44.5 Å². The first kappa shape index (κ1) is 20.6. The van der Waals surface area contributed by atoms with Crippen LogP contribution in [0, 0.1) is 13.8 Å². The van der Waals surface area contributed by atoms with Crippen molar-refractivity contribution in [3.63, 3.8) is 0 Å². The maximum absolute atomic E-state index is 12.3. The van der Waals surface area contributed by atoms with E-state index in [-0.39, 0.29) is 30.6 Å². The summed E-state index contributed by atoms with van der Waals surface area (Å²) in [6.45, 7) is 5.32. The van der Waals surface area contributed by atoms with E-state index < -0.39 is 12.6 Å². The molecule has 0 spiro atoms. The van der Waals surface area contributed by atoms with Crippen molar-refractivity contribution in [2.75, 3.05) is 6.61 Å². The summed E-state index contributed by atoms with van der Waals surface area (Å²) in [4.78, 5) is 37.0. The number of hydrogen-bond acceptors (Lipinski definition) is 5. The van der Waals surface area contributed by atoms with Crippen LogP contribution in [0.25, 0.3) is 0 Å². The number of carboxylic acids is 1. The van der Waals surface area contributed by atoms with E-state index in [1.54, 1.807) is 35.6 Å². The molecule has 6 nitrogen and oxygen atoms in total. The molecule has 27 heavy (non-hydrogen) atoms. The Hall–Kier alpha value is -2.67. The van der Waals surface area contributed by atoms with Crippen molar-refractivity contribution in [1.29, 1.82) is 0 Å². The summed E-state index contributed by atoms with van der Waals surface area (Å²) in [6, 6.07) is 8.50. The molecule has 1 aromatic heterocycles. The lowest BCUT2D eigenvalue weighted by atomic mass is 10.1. The number of benzene rings is 1. The molecule has 0 aliphatic heterocycles. The normalized spacial score (nSPS) is 11.7. The molecule has 1 amide bonds. The molecule has 1 aromatic carbocycles. The zero-order chi connectivity index (χ0) is 20.0. The van der Waals surface area contributed by atoms with Crippen LogP contribution in [0.1, 0.15) is 51.5 Å². The highest BCUT2D eigenvalue weighted by Crippen LogP contribution is 2.22. The van der Waals surface area contributed by atoms with Crippen LogP contribution in [0.3, 0.4) is 0 Å². The molecule has 2 N–H and O–H groups in total. The van der Waals surface area contributed by atoms with Crippen molar-refractivity contribution < 1.29 is 24.2 Å². The summed E-state index contributed by atoms with van der Waals surface area (Å²) in [5.74, 6) is -0.792. The third-order valence-corrected chi connectivity index (χ3v) is 5.01. The number of aryl methyl sites for hydroxylation is 2. The largest absolute Gasteiger partial charge is 0.482 e. The second-order valence-electron chi connectivity index (χ2n) is 6.29. The average molecular weight is 389 g/mol. The summed E-state index contributed by atoms with van der Waals surface area (Å²) >= 11 is 1.58. The number of thiophene rings is 1. The molecule has 2 rings (SSSR count). The number of nitrogens with one attached hydrogen (secondary N) is 1. The fraction of sp³-hybridized carbons (Fsp3) is 0.350. The van der Waals surface area contributed by atoms with Gasteiger partial charge in [0.1, 0.15) is 5.75 Å². The van der Waals surface area contributed by atoms with Gasteiger partial charge in [-0.3, -0.25) is 9.59 Å². The van der Waals surface area contributed by atoms with Gasteiger partial charge in [0, 0.05) is 28.2 Å². The van der Waals surface area contributed by atoms with Crippen molar-refractivity contribution in [3.8, 4) is 5.75 Å². The smallest absolute Gasteiger partial charge is 0.341 e. The topological polar surface area (TPSA) is 92.7 Å². The van der Waals surface area contributed by atoms with Gasteiger partial charge in [-0.1, -0.05) is 12.1 Å². The summed E-state index contributed by atoms with van der Waals surface area (Å²) < 4.78 is 5.08. The lowest BCUT2D eigenvalue weighted by Crippen LogP contribution is -2.27. The van der Waals surface area contributed by atoms with Crippen molar-refractivity contribution in [2.45, 2.75) is 39.7 Å². The van der Waals surface area contributed by atoms with E-state index in [9.17, 15) is 14.4 Å². The first-order chi connectivity index (χ1) is 12.8. The van der Waals surface area contributed by atoms with Crippen molar-refractivity contribution in [1.82, 2.24) is 5.32 Å². The maximum atomic E-state index is 12.3. The van der Waals surface area contributed by atoms with Crippen LogP contribution in [0.4, 0.5) is 0 Å². The van der Waals surface area contributed by atoms with Gasteiger partial charge in [0.2, 0.25) is 5.91 Å². The van der Waals surface area contributed by atoms with Crippen LogP contribution in [0.2, 0.25) is 0 Å². The molecule has 1 atom stereocenters. The number of hydrogen-bond donors (Lipinski definition) is 2. The Labute approximate surface area is 162 Å². The third kappa shape index (κ3) is 6.21. The first-order valence-electron chi connectivity index (χ1n) is 8.60. The lowest BCUT2D eigenvalue weighted by molar-refractivity contribution is -0.139. The molecule has 144 valence electrons. The predicted octanol–water partition coefficient (Wildman–Crippen LogP) is 3.67. The molecule has 0 fully saturated rings. The van der Waals surface area contributed by atoms with E-state index in [1.165, 1.54) is 0 Å². The summed E-state index contributed by atoms with van der Waals surface area (Å²) in [7, 11) is 0. The Morgan fingerprint density at radius 3 is 2.37 bits per heavy atom. The van der Waals surface area contributed by atoms with Gasteiger partial charge in [0.15, 0.2) is 12.4 Å². The van der Waals surface area contributed by atoms with Gasteiger partial charge in [0.25, 0.3) is 0 Å². The lowest BCUT2D eigenvalue weighted by Gasteiger charge is -2.15. The molecule has 1 heterocycles. The molecular weight excluding hydrogens is 366 g/mol. The molecule has 0 saturated heterocycles. The monoisotopic (exact) mass is 389 g/mol. The maximum Gasteiger partial charge on any atom is 0.341 e. The zero-order valence-corrected chi connectivity index (χ0v) is 16.4. The quantitative estimate of drug-likeness (QED) is 0.639. The third-order valence-electron chi connectivity index (χ3n) is 4.04. The SMILES string of the molecule is Cc1cc(C(=O)CCC(=O)NC(C)c2ccc(OCC(=O)O)cc2)c(C)s1. The molecule has 0 aliphatic rings. The summed E-state index contributed by atoms with van der Waals surface area (Å²) in [5, 5.41) is 11.5. The van der Waals surface area contributed by atoms with Crippen LogP contribution in [0.5, 0.6) is 5.75 Å². The standard InChI is InChI=1S/C20H23NO5S/c1-12-10-17(14(3)27-12)18(22)8-9-19(23)21-13(2)15-4-6-16(7-5-15)26-11-20(24)25/h4-7,10,13H,8-9,11H2,1-3H3,(H,21,23)(H,24,25). The van der Waals surface area contributed by atoms with Crippen molar-refractivity contribution in [3.05, 3.63) is 51.2 Å². The highest BCUT2D eigenvalue weighted by Gasteiger charge is 2.15. The number of ketones is 1. The molecule has 0 radical (unpaired) electrons. The van der Waals surface area contributed by atoms with Crippen LogP contribution in [-0.4, -0.2) is 29.4 Å². The van der Waals surface area contributed by atoms with Crippen LogP contribution >= 0.6 is 11.3 Å². The van der Waals surface area contributed by atoms with Crippen molar-refractivity contribution in [2.24, 2.45) is 0 Å². The van der Waals surface area contributed by atoms with Gasteiger partial charge in [-0.2, -0.15) is 0 Å². The average Bonchev–Trinajstić information content (AvgIpc) is 2.96. The minimum atomic E-state index is -1.04. The van der Waals surface area contributed by atoms with E-state index >= 15 is 0 Å². The molecule has 0 bridgehead atoms. The number of carboxylic acid groups (broad SMARTS) is 1. The predicted molar refractivity (Wildman–Crippen MR) is 103 cm³/mol. The second kappa shape index (κ2) is 9.32. The fourth-order valence-corrected chi connectivity index (χ4v) is 3.61. The van der Waals surface area contributed by atoms with E-state index in [2.05, 4.69) is 5.32 Å². The summed E-state index contributed by atoms with van der Waals surface area (Å²) in [5.41, 5.74) is 1.57. The number of amides is 1. The zero-order valence-electron chi connectivity index (χ0n) is 15.6. The molecule has 1 unspecified atom stereocenters. The van der Waals surface area contributed by atoms with E-state index in [0.717, 1.165) is 15.3 Å². The van der Waals surface area contributed by atoms with Gasteiger partial charge in [0.05, 0.1) is 6.04 Å². The second-order valence-corrected chi connectivity index (χ2v) is 7.75. The molecule has 0 saturated carbocycles. The van der Waals surface area contributed by atoms with Gasteiger partial charge < -0.3 is 15.2 Å². The molecule has 2 aromatic rings. The molecule has 0 aliphatic carbocycles. The Kier molecular flexibility index (Phi) is 7.12. The Morgan fingerprint density at radius 1 is 1.15 bits per heavy atom. The Morgan fingerprint density at radius 2 is 1.81 bits per heavy atom. The molecular formula is C20H23NO5S. The highest BCUT2D eigenvalue weighted by atomic mass is 32.1. The van der Waals surface area contributed by atoms with E-state index in [1.807, 2.05) is 26.8 Å². The van der Waals surface area contributed by atoms with Crippen LogP contribution < -0.4 is 10.1 Å². The fourth-order valence-electron chi connectivity index (χ4n) is 2.66. The van der Waals surface area contributed by atoms with Crippen molar-refractivity contribution >= 4 is 29.0 Å². The Bertz CT molecular complexity index is 825. The number of aliphatic carboxylic acids is 1. The van der Waals surface area contributed by atoms with E-state index in [0.29, 0.717) is 11.3 Å².